The molecule has 7 nitrogen and oxygen atoms in total. The topological polar surface area (TPSA) is 84.7 Å². The van der Waals surface area contributed by atoms with E-state index in [-0.39, 0.29) is 19.1 Å². The van der Waals surface area contributed by atoms with Gasteiger partial charge in [-0.05, 0) is 0 Å². The van der Waals surface area contributed by atoms with Crippen LogP contribution in [0.25, 0.3) is 0 Å². The van der Waals surface area contributed by atoms with Crippen molar-refractivity contribution in [3.8, 4) is 0 Å². The maximum absolute atomic E-state index is 12.1. The van der Waals surface area contributed by atoms with Crippen LogP contribution < -0.4 is 0 Å². The molecular weight excluding hydrogens is 226 g/mol. The van der Waals surface area contributed by atoms with E-state index >= 15 is 0 Å². The van der Waals surface area contributed by atoms with Crippen molar-refractivity contribution in [3.63, 3.8) is 0 Å². The van der Waals surface area contributed by atoms with Gasteiger partial charge in [0.05, 0.1) is 25.7 Å². The van der Waals surface area contributed by atoms with Crippen molar-refractivity contribution in [1.29, 1.82) is 0 Å². The first-order valence-electron chi connectivity index (χ1n) is 5.19. The molecule has 92 valence electrons. The number of carboxylic acid groups (broad SMARTS) is 1. The summed E-state index contributed by atoms with van der Waals surface area (Å²) < 4.78 is 6.64. The quantitative estimate of drug-likeness (QED) is 0.741. The molecule has 0 aromatic carbocycles. The number of carbonyl (C=O) groups is 2. The van der Waals surface area contributed by atoms with E-state index in [0.29, 0.717) is 12.3 Å². The highest BCUT2D eigenvalue weighted by Crippen LogP contribution is 2.12. The molecule has 0 spiro atoms. The third kappa shape index (κ3) is 2.14. The number of ether oxygens (including phenoxy) is 1. The van der Waals surface area contributed by atoms with E-state index in [2.05, 4.69) is 4.98 Å². The van der Waals surface area contributed by atoms with Crippen molar-refractivity contribution in [2.45, 2.75) is 6.04 Å². The molecule has 0 aliphatic carbocycles. The number of hydrogen-bond acceptors (Lipinski definition) is 4. The van der Waals surface area contributed by atoms with Crippen LogP contribution in [0.3, 0.4) is 0 Å². The van der Waals surface area contributed by atoms with Crippen molar-refractivity contribution < 1.29 is 19.4 Å². The molecule has 0 bridgehead atoms. The highest BCUT2D eigenvalue weighted by Gasteiger charge is 2.34. The van der Waals surface area contributed by atoms with Gasteiger partial charge < -0.3 is 19.3 Å². The molecule has 0 saturated carbocycles. The molecule has 1 N–H and O–H groups in total. The number of hydrogen-bond donors (Lipinski definition) is 1. The minimum atomic E-state index is -1.06. The average molecular weight is 239 g/mol. The summed E-state index contributed by atoms with van der Waals surface area (Å²) in [5.74, 6) is -1.39. The van der Waals surface area contributed by atoms with Gasteiger partial charge in [-0.2, -0.15) is 0 Å². The van der Waals surface area contributed by atoms with Gasteiger partial charge in [0, 0.05) is 13.6 Å². The average Bonchev–Trinajstić information content (AvgIpc) is 2.74. The molecule has 2 rings (SSSR count). The zero-order chi connectivity index (χ0) is 12.4. The molecule has 0 radical (unpaired) electrons. The number of aromatic nitrogens is 2. The Hall–Kier alpha value is -1.89. The first kappa shape index (κ1) is 11.6. The van der Waals surface area contributed by atoms with Crippen LogP contribution in [0.1, 0.15) is 10.5 Å². The van der Waals surface area contributed by atoms with E-state index in [1.165, 1.54) is 17.4 Å². The van der Waals surface area contributed by atoms with Gasteiger partial charge in [0.15, 0.2) is 6.04 Å². The van der Waals surface area contributed by atoms with Crippen LogP contribution in [0.15, 0.2) is 12.5 Å². The number of carbonyl (C=O) groups excluding carboxylic acids is 1. The Morgan fingerprint density at radius 3 is 2.94 bits per heavy atom. The summed E-state index contributed by atoms with van der Waals surface area (Å²) in [6.07, 6.45) is 2.93. The number of aliphatic carboxylic acids is 1. The summed E-state index contributed by atoms with van der Waals surface area (Å²) in [5, 5.41) is 9.03. The van der Waals surface area contributed by atoms with Gasteiger partial charge >= 0.3 is 5.97 Å². The summed E-state index contributed by atoms with van der Waals surface area (Å²) in [6.45, 7) is 0.660. The lowest BCUT2D eigenvalue weighted by molar-refractivity contribution is -0.147. The van der Waals surface area contributed by atoms with Crippen molar-refractivity contribution >= 4 is 11.9 Å². The van der Waals surface area contributed by atoms with Crippen LogP contribution >= 0.6 is 0 Å². The van der Waals surface area contributed by atoms with Gasteiger partial charge in [-0.15, -0.1) is 0 Å². The molecule has 1 aromatic heterocycles. The fourth-order valence-corrected chi connectivity index (χ4v) is 1.76. The van der Waals surface area contributed by atoms with Gasteiger partial charge in [0.25, 0.3) is 5.91 Å². The molecule has 1 atom stereocenters. The molecule has 1 unspecified atom stereocenters. The number of amides is 1. The standard InChI is InChI=1S/C10H13N3O4/c1-12-6-11-4-7(12)9(14)13-2-3-17-5-8(13)10(15)16/h4,6,8H,2-3,5H2,1H3,(H,15,16). The van der Waals surface area contributed by atoms with Crippen molar-refractivity contribution in [2.75, 3.05) is 19.8 Å². The molecule has 1 saturated heterocycles. The Kier molecular flexibility index (Phi) is 3.10. The maximum atomic E-state index is 12.1. The van der Waals surface area contributed by atoms with Gasteiger partial charge in [0.1, 0.15) is 5.69 Å². The van der Waals surface area contributed by atoms with Gasteiger partial charge in [-0.25, -0.2) is 9.78 Å². The summed E-state index contributed by atoms with van der Waals surface area (Å²) >= 11 is 0. The zero-order valence-electron chi connectivity index (χ0n) is 9.37. The second-order valence-corrected chi connectivity index (χ2v) is 3.82. The van der Waals surface area contributed by atoms with Crippen LogP contribution in [-0.2, 0) is 16.6 Å². The molecule has 1 aromatic rings. The van der Waals surface area contributed by atoms with E-state index in [4.69, 9.17) is 9.84 Å². The largest absolute Gasteiger partial charge is 0.480 e. The zero-order valence-corrected chi connectivity index (χ0v) is 9.37. The lowest BCUT2D eigenvalue weighted by atomic mass is 10.2. The molecule has 1 aliphatic rings. The number of aryl methyl sites for hydroxylation is 1. The Morgan fingerprint density at radius 1 is 1.59 bits per heavy atom. The Morgan fingerprint density at radius 2 is 2.35 bits per heavy atom. The highest BCUT2D eigenvalue weighted by molar-refractivity contribution is 5.95. The first-order chi connectivity index (χ1) is 8.11. The lowest BCUT2D eigenvalue weighted by Gasteiger charge is -2.32. The fourth-order valence-electron chi connectivity index (χ4n) is 1.76. The Labute approximate surface area is 97.6 Å². The van der Waals surface area contributed by atoms with Gasteiger partial charge in [0.2, 0.25) is 0 Å². The second kappa shape index (κ2) is 4.54. The highest BCUT2D eigenvalue weighted by atomic mass is 16.5. The number of carboxylic acids is 1. The number of morpholine rings is 1. The molecule has 1 amide bonds. The monoisotopic (exact) mass is 239 g/mol. The number of imidazole rings is 1. The van der Waals surface area contributed by atoms with Crippen molar-refractivity contribution in [1.82, 2.24) is 14.5 Å². The first-order valence-corrected chi connectivity index (χ1v) is 5.19. The van der Waals surface area contributed by atoms with Crippen LogP contribution in [0, 0.1) is 0 Å². The smallest absolute Gasteiger partial charge is 0.328 e. The molecule has 1 fully saturated rings. The molecule has 17 heavy (non-hydrogen) atoms. The Balaban J connectivity index is 2.23. The predicted molar refractivity (Wildman–Crippen MR) is 56.5 cm³/mol. The normalized spacial score (nSPS) is 20.3. The van der Waals surface area contributed by atoms with E-state index in [1.54, 1.807) is 11.6 Å². The molecule has 7 heteroatoms. The summed E-state index contributed by atoms with van der Waals surface area (Å²) in [6, 6.07) is -0.925. The minimum absolute atomic E-state index is 0.0267. The van der Waals surface area contributed by atoms with Crippen molar-refractivity contribution in [2.24, 2.45) is 7.05 Å². The summed E-state index contributed by atoms with van der Waals surface area (Å²) in [5.41, 5.74) is 0.373. The summed E-state index contributed by atoms with van der Waals surface area (Å²) in [7, 11) is 1.69. The third-order valence-corrected chi connectivity index (χ3v) is 2.71. The van der Waals surface area contributed by atoms with E-state index in [1.807, 2.05) is 0 Å². The number of nitrogens with zero attached hydrogens (tertiary/aromatic N) is 3. The van der Waals surface area contributed by atoms with Gasteiger partial charge in [-0.1, -0.05) is 0 Å². The second-order valence-electron chi connectivity index (χ2n) is 3.82. The van der Waals surface area contributed by atoms with Gasteiger partial charge in [-0.3, -0.25) is 4.79 Å². The van der Waals surface area contributed by atoms with Crippen LogP contribution in [-0.4, -0.2) is 57.2 Å². The van der Waals surface area contributed by atoms with Crippen LogP contribution in [0.4, 0.5) is 0 Å². The minimum Gasteiger partial charge on any atom is -0.480 e. The molecule has 1 aliphatic heterocycles. The Bertz CT molecular complexity index is 443. The number of rotatable bonds is 2. The van der Waals surface area contributed by atoms with E-state index in [9.17, 15) is 9.59 Å². The van der Waals surface area contributed by atoms with Crippen LogP contribution in [0.5, 0.6) is 0 Å². The van der Waals surface area contributed by atoms with Crippen molar-refractivity contribution in [3.05, 3.63) is 18.2 Å². The van der Waals surface area contributed by atoms with Crippen LogP contribution in [0.2, 0.25) is 0 Å². The lowest BCUT2D eigenvalue weighted by Crippen LogP contribution is -2.52. The predicted octanol–water partition coefficient (Wildman–Crippen LogP) is -0.654. The SMILES string of the molecule is Cn1cncc1C(=O)N1CCOCC1C(=O)O. The third-order valence-electron chi connectivity index (χ3n) is 2.71. The van der Waals surface area contributed by atoms with E-state index in [0.717, 1.165) is 0 Å². The molecule has 2 heterocycles. The fraction of sp³-hybridized carbons (Fsp3) is 0.500. The maximum Gasteiger partial charge on any atom is 0.328 e. The molecular formula is C10H13N3O4. The van der Waals surface area contributed by atoms with E-state index < -0.39 is 12.0 Å². The summed E-state index contributed by atoms with van der Waals surface area (Å²) in [4.78, 5) is 28.3.